The molecule has 2 aromatic rings. The van der Waals surface area contributed by atoms with Crippen LogP contribution in [0.15, 0.2) is 60.7 Å². The van der Waals surface area contributed by atoms with Crippen LogP contribution in [0.5, 0.6) is 5.75 Å². The van der Waals surface area contributed by atoms with Crippen LogP contribution in [-0.2, 0) is 4.79 Å². The maximum Gasteiger partial charge on any atom is 0.222 e. The zero-order valence-corrected chi connectivity index (χ0v) is 14.1. The lowest BCUT2D eigenvalue weighted by atomic mass is 9.89. The molecule has 0 atom stereocenters. The fourth-order valence-corrected chi connectivity index (χ4v) is 3.28. The number of carbonyl (C=O) groups is 1. The third kappa shape index (κ3) is 4.60. The summed E-state index contributed by atoms with van der Waals surface area (Å²) in [6, 6.07) is 20.4. The summed E-state index contributed by atoms with van der Waals surface area (Å²) in [7, 11) is 0. The van der Waals surface area contributed by atoms with Crippen molar-refractivity contribution in [1.82, 2.24) is 4.90 Å². The van der Waals surface area contributed by atoms with Gasteiger partial charge in [0.15, 0.2) is 0 Å². The molecule has 1 fully saturated rings. The van der Waals surface area contributed by atoms with Gasteiger partial charge in [0.1, 0.15) is 5.75 Å². The standard InChI is InChI=1S/C21H25NO2/c23-21(12-7-17-24-20-10-5-2-6-11-20)22-15-13-19(14-16-22)18-8-3-1-4-9-18/h1-6,8-11,19H,7,12-17H2. The van der Waals surface area contributed by atoms with Gasteiger partial charge in [-0.3, -0.25) is 4.79 Å². The maximum absolute atomic E-state index is 12.3. The smallest absolute Gasteiger partial charge is 0.222 e. The number of carbonyl (C=O) groups excluding carboxylic acids is 1. The summed E-state index contributed by atoms with van der Waals surface area (Å²) >= 11 is 0. The molecule has 1 aliphatic heterocycles. The molecule has 0 radical (unpaired) electrons. The third-order valence-corrected chi connectivity index (χ3v) is 4.67. The van der Waals surface area contributed by atoms with Gasteiger partial charge in [-0.1, -0.05) is 48.5 Å². The predicted octanol–water partition coefficient (Wildman–Crippen LogP) is 4.25. The molecular formula is C21H25NO2. The topological polar surface area (TPSA) is 29.5 Å². The molecule has 0 N–H and O–H groups in total. The van der Waals surface area contributed by atoms with Gasteiger partial charge in [-0.05, 0) is 42.9 Å². The van der Waals surface area contributed by atoms with Gasteiger partial charge in [0, 0.05) is 19.5 Å². The van der Waals surface area contributed by atoms with E-state index in [1.165, 1.54) is 5.56 Å². The van der Waals surface area contributed by atoms with E-state index in [-0.39, 0.29) is 5.91 Å². The molecule has 1 amide bonds. The molecule has 0 aliphatic carbocycles. The molecule has 0 aromatic heterocycles. The van der Waals surface area contributed by atoms with Gasteiger partial charge in [0.05, 0.1) is 6.61 Å². The first-order chi connectivity index (χ1) is 11.8. The fourth-order valence-electron chi connectivity index (χ4n) is 3.28. The number of piperidine rings is 1. The van der Waals surface area contributed by atoms with Crippen molar-refractivity contribution in [3.8, 4) is 5.75 Å². The van der Waals surface area contributed by atoms with Crippen molar-refractivity contribution in [2.75, 3.05) is 19.7 Å². The molecule has 3 heteroatoms. The van der Waals surface area contributed by atoms with Crippen molar-refractivity contribution in [3.05, 3.63) is 66.2 Å². The molecule has 1 aliphatic rings. The number of likely N-dealkylation sites (tertiary alicyclic amines) is 1. The van der Waals surface area contributed by atoms with E-state index in [0.717, 1.165) is 38.1 Å². The number of nitrogens with zero attached hydrogens (tertiary/aromatic N) is 1. The highest BCUT2D eigenvalue weighted by atomic mass is 16.5. The van der Waals surface area contributed by atoms with Crippen LogP contribution in [-0.4, -0.2) is 30.5 Å². The summed E-state index contributed by atoms with van der Waals surface area (Å²) in [5.41, 5.74) is 1.40. The monoisotopic (exact) mass is 323 g/mol. The Labute approximate surface area is 144 Å². The lowest BCUT2D eigenvalue weighted by molar-refractivity contribution is -0.132. The van der Waals surface area contributed by atoms with Crippen molar-refractivity contribution in [1.29, 1.82) is 0 Å². The average Bonchev–Trinajstić information content (AvgIpc) is 2.67. The van der Waals surface area contributed by atoms with Gasteiger partial charge in [0.25, 0.3) is 0 Å². The zero-order chi connectivity index (χ0) is 16.6. The molecule has 126 valence electrons. The van der Waals surface area contributed by atoms with Crippen LogP contribution in [0.1, 0.15) is 37.2 Å². The van der Waals surface area contributed by atoms with E-state index in [4.69, 9.17) is 4.74 Å². The Kier molecular flexibility index (Phi) is 5.89. The summed E-state index contributed by atoms with van der Waals surface area (Å²) in [6.45, 7) is 2.34. The summed E-state index contributed by atoms with van der Waals surface area (Å²) < 4.78 is 5.65. The third-order valence-electron chi connectivity index (χ3n) is 4.67. The summed E-state index contributed by atoms with van der Waals surface area (Å²) in [5.74, 6) is 1.73. The lowest BCUT2D eigenvalue weighted by Gasteiger charge is -2.32. The summed E-state index contributed by atoms with van der Waals surface area (Å²) in [5, 5.41) is 0. The number of ether oxygens (including phenoxy) is 1. The molecular weight excluding hydrogens is 298 g/mol. The van der Waals surface area contributed by atoms with Gasteiger partial charge in [-0.25, -0.2) is 0 Å². The molecule has 1 heterocycles. The Hall–Kier alpha value is -2.29. The molecule has 0 saturated carbocycles. The predicted molar refractivity (Wildman–Crippen MR) is 96.2 cm³/mol. The quantitative estimate of drug-likeness (QED) is 0.744. The minimum absolute atomic E-state index is 0.262. The first-order valence-electron chi connectivity index (χ1n) is 8.83. The van der Waals surface area contributed by atoms with Crippen molar-refractivity contribution in [2.45, 2.75) is 31.6 Å². The maximum atomic E-state index is 12.3. The second kappa shape index (κ2) is 8.53. The summed E-state index contributed by atoms with van der Waals surface area (Å²) in [4.78, 5) is 14.3. The van der Waals surface area contributed by atoms with Crippen LogP contribution in [0.4, 0.5) is 0 Å². The molecule has 3 rings (SSSR count). The molecule has 1 saturated heterocycles. The Bertz CT molecular complexity index is 619. The number of benzene rings is 2. The van der Waals surface area contributed by atoms with Crippen molar-refractivity contribution >= 4 is 5.91 Å². The number of para-hydroxylation sites is 1. The highest BCUT2D eigenvalue weighted by molar-refractivity contribution is 5.76. The van der Waals surface area contributed by atoms with E-state index in [0.29, 0.717) is 18.9 Å². The van der Waals surface area contributed by atoms with Crippen LogP contribution in [0, 0.1) is 0 Å². The van der Waals surface area contributed by atoms with Crippen molar-refractivity contribution in [2.24, 2.45) is 0 Å². The van der Waals surface area contributed by atoms with Crippen molar-refractivity contribution < 1.29 is 9.53 Å². The normalized spacial score (nSPS) is 15.2. The highest BCUT2D eigenvalue weighted by Crippen LogP contribution is 2.28. The van der Waals surface area contributed by atoms with Gasteiger partial charge < -0.3 is 9.64 Å². The average molecular weight is 323 g/mol. The Morgan fingerprint density at radius 2 is 1.58 bits per heavy atom. The van der Waals surface area contributed by atoms with Gasteiger partial charge in [0.2, 0.25) is 5.91 Å². The second-order valence-corrected chi connectivity index (χ2v) is 6.33. The number of rotatable bonds is 6. The highest BCUT2D eigenvalue weighted by Gasteiger charge is 2.23. The van der Waals surface area contributed by atoms with E-state index in [2.05, 4.69) is 30.3 Å². The molecule has 0 bridgehead atoms. The molecule has 0 spiro atoms. The molecule has 2 aromatic carbocycles. The van der Waals surface area contributed by atoms with Crippen LogP contribution in [0.3, 0.4) is 0 Å². The number of hydrogen-bond acceptors (Lipinski definition) is 2. The summed E-state index contributed by atoms with van der Waals surface area (Å²) in [6.07, 6.45) is 3.47. The lowest BCUT2D eigenvalue weighted by Crippen LogP contribution is -2.37. The molecule has 0 unspecified atom stereocenters. The Morgan fingerprint density at radius 3 is 2.25 bits per heavy atom. The van der Waals surface area contributed by atoms with E-state index < -0.39 is 0 Å². The van der Waals surface area contributed by atoms with Crippen LogP contribution >= 0.6 is 0 Å². The van der Waals surface area contributed by atoms with Gasteiger partial charge in [-0.15, -0.1) is 0 Å². The SMILES string of the molecule is O=C(CCCOc1ccccc1)N1CCC(c2ccccc2)CC1. The number of hydrogen-bond donors (Lipinski definition) is 0. The zero-order valence-electron chi connectivity index (χ0n) is 14.1. The minimum Gasteiger partial charge on any atom is -0.494 e. The van der Waals surface area contributed by atoms with Gasteiger partial charge in [-0.2, -0.15) is 0 Å². The fraction of sp³-hybridized carbons (Fsp3) is 0.381. The Balaban J connectivity index is 1.36. The van der Waals surface area contributed by atoms with Crippen molar-refractivity contribution in [3.63, 3.8) is 0 Å². The first kappa shape index (κ1) is 16.6. The van der Waals surface area contributed by atoms with Crippen LogP contribution < -0.4 is 4.74 Å². The molecule has 24 heavy (non-hydrogen) atoms. The Morgan fingerprint density at radius 1 is 0.958 bits per heavy atom. The second-order valence-electron chi connectivity index (χ2n) is 6.33. The van der Waals surface area contributed by atoms with E-state index in [9.17, 15) is 4.79 Å². The largest absolute Gasteiger partial charge is 0.494 e. The molecule has 3 nitrogen and oxygen atoms in total. The van der Waals surface area contributed by atoms with E-state index >= 15 is 0 Å². The van der Waals surface area contributed by atoms with E-state index in [1.54, 1.807) is 0 Å². The first-order valence-corrected chi connectivity index (χ1v) is 8.83. The van der Waals surface area contributed by atoms with Crippen LogP contribution in [0.2, 0.25) is 0 Å². The van der Waals surface area contributed by atoms with E-state index in [1.807, 2.05) is 35.2 Å². The minimum atomic E-state index is 0.262. The van der Waals surface area contributed by atoms with Crippen LogP contribution in [0.25, 0.3) is 0 Å². The van der Waals surface area contributed by atoms with Gasteiger partial charge >= 0.3 is 0 Å². The number of amides is 1.